The third-order valence-electron chi connectivity index (χ3n) is 3.16. The fraction of sp³-hybridized carbons (Fsp3) is 0.0588. The molecule has 0 saturated heterocycles. The number of carboxylic acid groups (broad SMARTS) is 1. The molecule has 0 bridgehead atoms. The zero-order valence-corrected chi connectivity index (χ0v) is 12.9. The molecule has 0 fully saturated rings. The predicted octanol–water partition coefficient (Wildman–Crippen LogP) is 3.46. The van der Waals surface area contributed by atoms with Crippen molar-refractivity contribution < 1.29 is 9.90 Å². The summed E-state index contributed by atoms with van der Waals surface area (Å²) in [5.41, 5.74) is 2.27. The van der Waals surface area contributed by atoms with Crippen LogP contribution in [0.2, 0.25) is 0 Å². The summed E-state index contributed by atoms with van der Waals surface area (Å²) in [5.74, 6) is -0.935. The molecule has 23 heavy (non-hydrogen) atoms. The molecule has 1 aromatic heterocycles. The van der Waals surface area contributed by atoms with Crippen LogP contribution in [0.3, 0.4) is 0 Å². The van der Waals surface area contributed by atoms with Gasteiger partial charge in [-0.1, -0.05) is 72.4 Å². The summed E-state index contributed by atoms with van der Waals surface area (Å²) in [6.07, 6.45) is 1.57. The minimum Gasteiger partial charge on any atom is -0.480 e. The highest BCUT2D eigenvalue weighted by atomic mass is 32.2. The van der Waals surface area contributed by atoms with E-state index in [1.807, 2.05) is 48.5 Å². The first kappa shape index (κ1) is 15.2. The molecule has 1 N–H and O–H groups in total. The fourth-order valence-electron chi connectivity index (χ4n) is 2.08. The number of thioether (sulfide) groups is 1. The Morgan fingerprint density at radius 1 is 1.00 bits per heavy atom. The van der Waals surface area contributed by atoms with Crippen LogP contribution in [0.1, 0.15) is 10.8 Å². The quantitative estimate of drug-likeness (QED) is 0.725. The lowest BCUT2D eigenvalue weighted by atomic mass is 10.1. The average Bonchev–Trinajstić information content (AvgIpc) is 2.61. The van der Waals surface area contributed by atoms with E-state index in [0.29, 0.717) is 16.4 Å². The van der Waals surface area contributed by atoms with Crippen molar-refractivity contribution in [1.82, 2.24) is 15.2 Å². The number of carboxylic acids is 1. The van der Waals surface area contributed by atoms with Crippen molar-refractivity contribution in [3.63, 3.8) is 0 Å². The fourth-order valence-corrected chi connectivity index (χ4v) is 2.93. The first-order valence-corrected chi connectivity index (χ1v) is 7.81. The van der Waals surface area contributed by atoms with Gasteiger partial charge in [-0.15, -0.1) is 5.10 Å². The minimum atomic E-state index is -0.935. The van der Waals surface area contributed by atoms with Crippen molar-refractivity contribution in [3.05, 3.63) is 72.4 Å². The molecule has 0 aliphatic carbocycles. The van der Waals surface area contributed by atoms with Crippen LogP contribution in [0, 0.1) is 0 Å². The van der Waals surface area contributed by atoms with E-state index < -0.39 is 11.2 Å². The Morgan fingerprint density at radius 3 is 2.30 bits per heavy atom. The van der Waals surface area contributed by atoms with Gasteiger partial charge in [-0.25, -0.2) is 4.98 Å². The van der Waals surface area contributed by atoms with Crippen molar-refractivity contribution in [3.8, 4) is 11.3 Å². The Labute approximate surface area is 137 Å². The van der Waals surface area contributed by atoms with Crippen molar-refractivity contribution >= 4 is 17.7 Å². The Kier molecular flexibility index (Phi) is 4.63. The summed E-state index contributed by atoms with van der Waals surface area (Å²) < 4.78 is 0. The highest BCUT2D eigenvalue weighted by Gasteiger charge is 2.22. The number of hydrogen-bond acceptors (Lipinski definition) is 5. The van der Waals surface area contributed by atoms with Gasteiger partial charge in [-0.2, -0.15) is 5.10 Å². The lowest BCUT2D eigenvalue weighted by Crippen LogP contribution is -2.09. The van der Waals surface area contributed by atoms with E-state index in [1.165, 1.54) is 0 Å². The second-order valence-electron chi connectivity index (χ2n) is 4.74. The Bertz CT molecular complexity index is 797. The number of aliphatic carboxylic acids is 1. The van der Waals surface area contributed by atoms with E-state index in [1.54, 1.807) is 18.3 Å². The summed E-state index contributed by atoms with van der Waals surface area (Å²) in [7, 11) is 0. The van der Waals surface area contributed by atoms with E-state index in [4.69, 9.17) is 0 Å². The van der Waals surface area contributed by atoms with Crippen molar-refractivity contribution in [2.45, 2.75) is 10.4 Å². The highest BCUT2D eigenvalue weighted by molar-refractivity contribution is 8.00. The van der Waals surface area contributed by atoms with Gasteiger partial charge in [0.1, 0.15) is 5.25 Å². The lowest BCUT2D eigenvalue weighted by molar-refractivity contribution is -0.136. The van der Waals surface area contributed by atoms with Crippen molar-refractivity contribution in [2.24, 2.45) is 0 Å². The third kappa shape index (κ3) is 3.73. The zero-order valence-electron chi connectivity index (χ0n) is 12.0. The highest BCUT2D eigenvalue weighted by Crippen LogP contribution is 2.33. The Hall–Kier alpha value is -2.73. The van der Waals surface area contributed by atoms with Gasteiger partial charge >= 0.3 is 5.97 Å². The molecule has 0 radical (unpaired) electrons. The number of aromatic nitrogens is 3. The van der Waals surface area contributed by atoms with Crippen LogP contribution in [0.15, 0.2) is 72.0 Å². The summed E-state index contributed by atoms with van der Waals surface area (Å²) >= 11 is 1.07. The maximum absolute atomic E-state index is 11.6. The molecule has 1 heterocycles. The summed E-state index contributed by atoms with van der Waals surface area (Å²) in [5, 5.41) is 16.9. The third-order valence-corrected chi connectivity index (χ3v) is 4.25. The van der Waals surface area contributed by atoms with Gasteiger partial charge in [-0.3, -0.25) is 4.79 Å². The zero-order chi connectivity index (χ0) is 16.1. The van der Waals surface area contributed by atoms with E-state index in [9.17, 15) is 9.90 Å². The molecule has 1 atom stereocenters. The first-order valence-electron chi connectivity index (χ1n) is 6.93. The smallest absolute Gasteiger partial charge is 0.321 e. The molecule has 0 aliphatic heterocycles. The maximum atomic E-state index is 11.6. The van der Waals surface area contributed by atoms with Crippen molar-refractivity contribution in [1.29, 1.82) is 0 Å². The monoisotopic (exact) mass is 323 g/mol. The molecular weight excluding hydrogens is 310 g/mol. The van der Waals surface area contributed by atoms with Gasteiger partial charge in [0.2, 0.25) is 5.16 Å². The van der Waals surface area contributed by atoms with Crippen LogP contribution in [0.25, 0.3) is 11.3 Å². The number of carbonyl (C=O) groups is 1. The molecule has 3 rings (SSSR count). The van der Waals surface area contributed by atoms with Crippen molar-refractivity contribution in [2.75, 3.05) is 0 Å². The number of hydrogen-bond donors (Lipinski definition) is 1. The average molecular weight is 323 g/mol. The van der Waals surface area contributed by atoms with E-state index >= 15 is 0 Å². The molecule has 0 amide bonds. The van der Waals surface area contributed by atoms with Gasteiger partial charge in [0.05, 0.1) is 11.9 Å². The maximum Gasteiger partial charge on any atom is 0.321 e. The van der Waals surface area contributed by atoms with Gasteiger partial charge in [0, 0.05) is 5.56 Å². The van der Waals surface area contributed by atoms with E-state index in [-0.39, 0.29) is 0 Å². The number of nitrogens with zero attached hydrogens (tertiary/aromatic N) is 3. The predicted molar refractivity (Wildman–Crippen MR) is 87.9 cm³/mol. The Morgan fingerprint density at radius 2 is 1.65 bits per heavy atom. The molecule has 3 aromatic rings. The summed E-state index contributed by atoms with van der Waals surface area (Å²) in [6, 6.07) is 18.6. The lowest BCUT2D eigenvalue weighted by Gasteiger charge is -2.11. The molecular formula is C17H13N3O2S. The standard InChI is InChI=1S/C17H13N3O2S/c21-16(22)15(13-9-5-2-6-10-13)23-17-19-14(11-18-20-17)12-7-3-1-4-8-12/h1-11,15H,(H,21,22)/t15-/m0/s1. The molecule has 2 aromatic carbocycles. The van der Waals surface area contributed by atoms with E-state index in [0.717, 1.165) is 17.3 Å². The molecule has 5 nitrogen and oxygen atoms in total. The van der Waals surface area contributed by atoms with Gasteiger partial charge in [0.15, 0.2) is 0 Å². The van der Waals surface area contributed by atoms with Gasteiger partial charge in [-0.05, 0) is 5.56 Å². The van der Waals surface area contributed by atoms with Crippen LogP contribution in [0.5, 0.6) is 0 Å². The number of benzene rings is 2. The molecule has 0 aliphatic rings. The summed E-state index contributed by atoms with van der Waals surface area (Å²) in [6.45, 7) is 0. The minimum absolute atomic E-state index is 0.336. The molecule has 0 saturated carbocycles. The normalized spacial score (nSPS) is 11.8. The molecule has 0 spiro atoms. The molecule has 0 unspecified atom stereocenters. The van der Waals surface area contributed by atoms with Crippen LogP contribution in [-0.4, -0.2) is 26.3 Å². The summed E-state index contributed by atoms with van der Waals surface area (Å²) in [4.78, 5) is 16.0. The van der Waals surface area contributed by atoms with Crippen LogP contribution in [-0.2, 0) is 4.79 Å². The molecule has 6 heteroatoms. The van der Waals surface area contributed by atoms with E-state index in [2.05, 4.69) is 15.2 Å². The topological polar surface area (TPSA) is 76.0 Å². The SMILES string of the molecule is O=C(O)[C@@H](Sc1nncc(-c2ccccc2)n1)c1ccccc1. The second-order valence-corrected chi connectivity index (χ2v) is 5.81. The van der Waals surface area contributed by atoms with Gasteiger partial charge in [0.25, 0.3) is 0 Å². The van der Waals surface area contributed by atoms with Crippen LogP contribution in [0.4, 0.5) is 0 Å². The number of rotatable bonds is 5. The molecule has 114 valence electrons. The van der Waals surface area contributed by atoms with Crippen LogP contribution < -0.4 is 0 Å². The Balaban J connectivity index is 1.88. The first-order chi connectivity index (χ1) is 11.2. The van der Waals surface area contributed by atoms with Gasteiger partial charge < -0.3 is 5.11 Å². The second kappa shape index (κ2) is 7.02. The van der Waals surface area contributed by atoms with Crippen LogP contribution >= 0.6 is 11.8 Å². The largest absolute Gasteiger partial charge is 0.480 e.